The zero-order valence-electron chi connectivity index (χ0n) is 12.8. The third-order valence-corrected chi connectivity index (χ3v) is 4.35. The van der Waals surface area contributed by atoms with E-state index in [2.05, 4.69) is 31.2 Å². The maximum absolute atomic E-state index is 6.03. The van der Waals surface area contributed by atoms with E-state index in [0.29, 0.717) is 5.92 Å². The second-order valence-electron chi connectivity index (χ2n) is 6.36. The topological polar surface area (TPSA) is 35.2 Å². The first-order valence-corrected chi connectivity index (χ1v) is 8.19. The third kappa shape index (κ3) is 5.16. The molecule has 0 aromatic heterocycles. The highest BCUT2D eigenvalue weighted by atomic mass is 16.5. The van der Waals surface area contributed by atoms with E-state index < -0.39 is 0 Å². The molecule has 1 aromatic carbocycles. The van der Waals surface area contributed by atoms with Gasteiger partial charge >= 0.3 is 0 Å². The van der Waals surface area contributed by atoms with Crippen LogP contribution in [0.25, 0.3) is 0 Å². The Morgan fingerprint density at radius 1 is 1.20 bits per heavy atom. The van der Waals surface area contributed by atoms with Crippen molar-refractivity contribution in [1.82, 2.24) is 0 Å². The van der Waals surface area contributed by atoms with Crippen LogP contribution in [0.2, 0.25) is 0 Å². The van der Waals surface area contributed by atoms with Crippen LogP contribution >= 0.6 is 0 Å². The maximum atomic E-state index is 6.03. The van der Waals surface area contributed by atoms with Crippen LogP contribution in [-0.4, -0.2) is 13.2 Å². The zero-order chi connectivity index (χ0) is 14.2. The van der Waals surface area contributed by atoms with E-state index in [9.17, 15) is 0 Å². The van der Waals surface area contributed by atoms with Crippen LogP contribution in [0, 0.1) is 11.8 Å². The molecule has 2 N–H and O–H groups in total. The molecule has 1 aliphatic carbocycles. The Bertz CT molecular complexity index is 383. The molecule has 0 aliphatic heterocycles. The number of benzene rings is 1. The van der Waals surface area contributed by atoms with Crippen LogP contribution < -0.4 is 10.5 Å². The van der Waals surface area contributed by atoms with E-state index in [4.69, 9.17) is 10.5 Å². The van der Waals surface area contributed by atoms with Crippen LogP contribution in [0.1, 0.15) is 51.0 Å². The fourth-order valence-corrected chi connectivity index (χ4v) is 2.99. The standard InChI is InChI=1S/C18H29NO/c1-15(13-19)11-17-9-6-10-18(12-17)20-14-16-7-4-2-3-5-8-16/h6,9-10,12,15-16H,2-5,7-8,11,13-14,19H2,1H3. The molecule has 1 aromatic rings. The van der Waals surface area contributed by atoms with Gasteiger partial charge in [-0.05, 0) is 55.3 Å². The minimum atomic E-state index is 0.534. The quantitative estimate of drug-likeness (QED) is 0.791. The summed E-state index contributed by atoms with van der Waals surface area (Å²) in [5.41, 5.74) is 7.03. The average molecular weight is 275 g/mol. The van der Waals surface area contributed by atoms with Crippen molar-refractivity contribution in [2.45, 2.75) is 51.9 Å². The smallest absolute Gasteiger partial charge is 0.119 e. The van der Waals surface area contributed by atoms with Gasteiger partial charge in [-0.3, -0.25) is 0 Å². The molecular formula is C18H29NO. The molecular weight excluding hydrogens is 246 g/mol. The van der Waals surface area contributed by atoms with Gasteiger partial charge in [0.15, 0.2) is 0 Å². The van der Waals surface area contributed by atoms with Gasteiger partial charge in [-0.25, -0.2) is 0 Å². The first kappa shape index (κ1) is 15.4. The van der Waals surface area contributed by atoms with Crippen molar-refractivity contribution in [2.75, 3.05) is 13.2 Å². The van der Waals surface area contributed by atoms with Gasteiger partial charge < -0.3 is 10.5 Å². The van der Waals surface area contributed by atoms with Crippen molar-refractivity contribution < 1.29 is 4.74 Å². The van der Waals surface area contributed by atoms with Crippen LogP contribution in [0.4, 0.5) is 0 Å². The van der Waals surface area contributed by atoms with Crippen molar-refractivity contribution in [1.29, 1.82) is 0 Å². The second-order valence-corrected chi connectivity index (χ2v) is 6.36. The normalized spacial score (nSPS) is 18.5. The van der Waals surface area contributed by atoms with Gasteiger partial charge in [-0.1, -0.05) is 44.7 Å². The molecule has 1 aliphatic rings. The lowest BCUT2D eigenvalue weighted by Crippen LogP contribution is -2.13. The monoisotopic (exact) mass is 275 g/mol. The molecule has 0 amide bonds. The molecule has 0 radical (unpaired) electrons. The zero-order valence-corrected chi connectivity index (χ0v) is 12.8. The van der Waals surface area contributed by atoms with E-state index in [1.54, 1.807) is 0 Å². The van der Waals surface area contributed by atoms with Crippen molar-refractivity contribution in [2.24, 2.45) is 17.6 Å². The number of rotatable bonds is 6. The molecule has 112 valence electrons. The largest absolute Gasteiger partial charge is 0.493 e. The maximum Gasteiger partial charge on any atom is 0.119 e. The number of hydrogen-bond donors (Lipinski definition) is 1. The van der Waals surface area contributed by atoms with Gasteiger partial charge in [-0.15, -0.1) is 0 Å². The third-order valence-electron chi connectivity index (χ3n) is 4.35. The van der Waals surface area contributed by atoms with E-state index in [1.807, 2.05) is 0 Å². The van der Waals surface area contributed by atoms with Gasteiger partial charge in [0.05, 0.1) is 6.61 Å². The van der Waals surface area contributed by atoms with Gasteiger partial charge in [0, 0.05) is 0 Å². The summed E-state index contributed by atoms with van der Waals surface area (Å²) in [6.45, 7) is 3.82. The predicted molar refractivity (Wildman–Crippen MR) is 85.1 cm³/mol. The molecule has 0 saturated heterocycles. The summed E-state index contributed by atoms with van der Waals surface area (Å²) in [4.78, 5) is 0. The Morgan fingerprint density at radius 2 is 1.95 bits per heavy atom. The summed E-state index contributed by atoms with van der Waals surface area (Å²) in [7, 11) is 0. The first-order valence-electron chi connectivity index (χ1n) is 8.19. The van der Waals surface area contributed by atoms with Crippen molar-refractivity contribution >= 4 is 0 Å². The molecule has 2 nitrogen and oxygen atoms in total. The fourth-order valence-electron chi connectivity index (χ4n) is 2.99. The lowest BCUT2D eigenvalue weighted by Gasteiger charge is -2.16. The Balaban J connectivity index is 1.84. The molecule has 1 fully saturated rings. The van der Waals surface area contributed by atoms with E-state index >= 15 is 0 Å². The van der Waals surface area contributed by atoms with Crippen LogP contribution in [0.15, 0.2) is 24.3 Å². The van der Waals surface area contributed by atoms with E-state index in [1.165, 1.54) is 44.1 Å². The summed E-state index contributed by atoms with van der Waals surface area (Å²) < 4.78 is 6.03. The average Bonchev–Trinajstić information content (AvgIpc) is 2.74. The summed E-state index contributed by atoms with van der Waals surface area (Å²) in [6.07, 6.45) is 9.28. The molecule has 1 atom stereocenters. The van der Waals surface area contributed by atoms with Crippen molar-refractivity contribution in [3.05, 3.63) is 29.8 Å². The van der Waals surface area contributed by atoms with E-state index in [-0.39, 0.29) is 0 Å². The fraction of sp³-hybridized carbons (Fsp3) is 0.667. The Kier molecular flexibility index (Phi) is 6.38. The minimum Gasteiger partial charge on any atom is -0.493 e. The van der Waals surface area contributed by atoms with E-state index in [0.717, 1.165) is 31.2 Å². The summed E-state index contributed by atoms with van der Waals surface area (Å²) in [5, 5.41) is 0. The van der Waals surface area contributed by atoms with Crippen LogP contribution in [0.5, 0.6) is 5.75 Å². The molecule has 2 heteroatoms. The highest BCUT2D eigenvalue weighted by Crippen LogP contribution is 2.24. The summed E-state index contributed by atoms with van der Waals surface area (Å²) >= 11 is 0. The Morgan fingerprint density at radius 3 is 2.65 bits per heavy atom. The van der Waals surface area contributed by atoms with Gasteiger partial charge in [0.25, 0.3) is 0 Å². The molecule has 0 spiro atoms. The number of ether oxygens (including phenoxy) is 1. The molecule has 0 bridgehead atoms. The molecule has 1 unspecified atom stereocenters. The Labute approximate surface area is 123 Å². The molecule has 20 heavy (non-hydrogen) atoms. The van der Waals surface area contributed by atoms with Crippen LogP contribution in [-0.2, 0) is 6.42 Å². The second kappa shape index (κ2) is 8.31. The van der Waals surface area contributed by atoms with Gasteiger partial charge in [0.1, 0.15) is 5.75 Å². The lowest BCUT2D eigenvalue weighted by atomic mass is 10.0. The SMILES string of the molecule is CC(CN)Cc1cccc(OCC2CCCCCC2)c1. The number of nitrogens with two attached hydrogens (primary N) is 1. The predicted octanol–water partition coefficient (Wildman–Crippen LogP) is 4.17. The summed E-state index contributed by atoms with van der Waals surface area (Å²) in [6, 6.07) is 8.53. The first-order chi connectivity index (χ1) is 9.78. The van der Waals surface area contributed by atoms with Crippen LogP contribution in [0.3, 0.4) is 0 Å². The van der Waals surface area contributed by atoms with Crippen molar-refractivity contribution in [3.8, 4) is 5.75 Å². The molecule has 2 rings (SSSR count). The highest BCUT2D eigenvalue weighted by Gasteiger charge is 2.13. The number of hydrogen-bond acceptors (Lipinski definition) is 2. The van der Waals surface area contributed by atoms with Gasteiger partial charge in [-0.2, -0.15) is 0 Å². The molecule has 0 heterocycles. The molecule has 1 saturated carbocycles. The van der Waals surface area contributed by atoms with Crippen molar-refractivity contribution in [3.63, 3.8) is 0 Å². The Hall–Kier alpha value is -1.02. The highest BCUT2D eigenvalue weighted by molar-refractivity contribution is 5.28. The summed E-state index contributed by atoms with van der Waals surface area (Å²) in [5.74, 6) is 2.31. The minimum absolute atomic E-state index is 0.534. The van der Waals surface area contributed by atoms with Gasteiger partial charge in [0.2, 0.25) is 0 Å². The lowest BCUT2D eigenvalue weighted by molar-refractivity contribution is 0.233.